The van der Waals surface area contributed by atoms with Crippen LogP contribution < -0.4 is 4.90 Å². The van der Waals surface area contributed by atoms with E-state index in [-0.39, 0.29) is 0 Å². The van der Waals surface area contributed by atoms with Crippen molar-refractivity contribution >= 4 is 17.9 Å². The van der Waals surface area contributed by atoms with Crippen molar-refractivity contribution in [1.29, 1.82) is 0 Å². The van der Waals surface area contributed by atoms with Crippen LogP contribution in [0.5, 0.6) is 0 Å². The van der Waals surface area contributed by atoms with Gasteiger partial charge in [0.05, 0.1) is 11.1 Å². The van der Waals surface area contributed by atoms with Crippen LogP contribution in [-0.2, 0) is 14.9 Å². The first-order chi connectivity index (χ1) is 14.9. The van der Waals surface area contributed by atoms with Crippen LogP contribution in [0.4, 0.5) is 15.3 Å². The van der Waals surface area contributed by atoms with Gasteiger partial charge in [0, 0.05) is 6.54 Å². The summed E-state index contributed by atoms with van der Waals surface area (Å²) >= 11 is 0. The van der Waals surface area contributed by atoms with Gasteiger partial charge in [-0.15, -0.1) is 0 Å². The minimum Gasteiger partial charge on any atom is -0.444 e. The Hall–Kier alpha value is -3.02. The van der Waals surface area contributed by atoms with Crippen molar-refractivity contribution in [2.24, 2.45) is 0 Å². The molecule has 2 heterocycles. The third-order valence-corrected chi connectivity index (χ3v) is 5.88. The minimum absolute atomic E-state index is 0.429. The largest absolute Gasteiger partial charge is 0.444 e. The molecular weight excluding hydrogens is 404 g/mol. The summed E-state index contributed by atoms with van der Waals surface area (Å²) in [4.78, 5) is 30.2. The Morgan fingerprint density at radius 1 is 0.844 bits per heavy atom. The third kappa shape index (κ3) is 3.72. The summed E-state index contributed by atoms with van der Waals surface area (Å²) in [5.74, 6) is 0. The van der Waals surface area contributed by atoms with Crippen molar-refractivity contribution in [3.63, 3.8) is 0 Å². The molecule has 0 unspecified atom stereocenters. The average Bonchev–Trinajstić information content (AvgIpc) is 3.20. The molecule has 0 N–H and O–H groups in total. The first kappa shape index (κ1) is 22.2. The fourth-order valence-corrected chi connectivity index (χ4v) is 4.85. The molecule has 0 saturated carbocycles. The first-order valence-electron chi connectivity index (χ1n) is 11.1. The zero-order valence-electron chi connectivity index (χ0n) is 19.7. The van der Waals surface area contributed by atoms with Gasteiger partial charge < -0.3 is 9.47 Å². The van der Waals surface area contributed by atoms with Gasteiger partial charge in [-0.25, -0.2) is 9.59 Å². The summed E-state index contributed by atoms with van der Waals surface area (Å²) in [6.07, 6.45) is -0.797. The van der Waals surface area contributed by atoms with Crippen LogP contribution in [0, 0.1) is 0 Å². The highest BCUT2D eigenvalue weighted by atomic mass is 16.6. The maximum atomic E-state index is 13.5. The number of carbonyl (C=O) groups excluding carboxylic acids is 2. The lowest BCUT2D eigenvalue weighted by molar-refractivity contribution is 0.0187. The van der Waals surface area contributed by atoms with Gasteiger partial charge in [-0.2, -0.15) is 0 Å². The summed E-state index contributed by atoms with van der Waals surface area (Å²) in [5.41, 5.74) is 0.981. The molecular formula is C26H32N2O4. The van der Waals surface area contributed by atoms with E-state index in [2.05, 4.69) is 18.2 Å². The molecule has 0 aromatic heterocycles. The number of benzene rings is 2. The molecule has 170 valence electrons. The molecule has 2 aromatic carbocycles. The first-order valence-corrected chi connectivity index (χ1v) is 11.1. The minimum atomic E-state index is -0.667. The zero-order valence-corrected chi connectivity index (χ0v) is 19.7. The van der Waals surface area contributed by atoms with Gasteiger partial charge in [-0.3, -0.25) is 9.80 Å². The standard InChI is InChI=1S/C26H32N2O4/c1-24(2,3)31-22(29)27-17-16-26(18-12-8-7-9-13-18)19-14-10-11-15-20(19)28(21(26)27)23(30)32-25(4,5)6/h7-15,21H,16-17H2,1-6H3/t21-,26-/m0/s1. The molecule has 2 atom stereocenters. The number of hydrogen-bond acceptors (Lipinski definition) is 4. The second-order valence-corrected chi connectivity index (χ2v) is 10.5. The molecule has 0 spiro atoms. The van der Waals surface area contributed by atoms with E-state index in [1.54, 1.807) is 9.80 Å². The normalized spacial score (nSPS) is 22.4. The molecule has 4 rings (SSSR count). The molecule has 6 nitrogen and oxygen atoms in total. The predicted molar refractivity (Wildman–Crippen MR) is 124 cm³/mol. The second-order valence-electron chi connectivity index (χ2n) is 10.5. The number of ether oxygens (including phenoxy) is 2. The number of carbonyl (C=O) groups is 2. The van der Waals surface area contributed by atoms with Crippen molar-refractivity contribution in [2.45, 2.75) is 70.7 Å². The Morgan fingerprint density at radius 2 is 1.41 bits per heavy atom. The number of hydrogen-bond donors (Lipinski definition) is 0. The fraction of sp³-hybridized carbons (Fsp3) is 0.462. The van der Waals surface area contributed by atoms with Gasteiger partial charge in [-0.1, -0.05) is 48.5 Å². The maximum Gasteiger partial charge on any atom is 0.416 e. The Labute approximate surface area is 190 Å². The van der Waals surface area contributed by atoms with Crippen LogP contribution in [0.15, 0.2) is 54.6 Å². The van der Waals surface area contributed by atoms with E-state index >= 15 is 0 Å². The predicted octanol–water partition coefficient (Wildman–Crippen LogP) is 5.69. The number of para-hydroxylation sites is 1. The number of rotatable bonds is 1. The quantitative estimate of drug-likeness (QED) is 0.576. The Morgan fingerprint density at radius 3 is 2.03 bits per heavy atom. The summed E-state index contributed by atoms with van der Waals surface area (Å²) in [7, 11) is 0. The molecule has 2 amide bonds. The van der Waals surface area contributed by atoms with Crippen LogP contribution in [0.3, 0.4) is 0 Å². The van der Waals surface area contributed by atoms with E-state index < -0.39 is 35.0 Å². The molecule has 1 fully saturated rings. The van der Waals surface area contributed by atoms with Crippen molar-refractivity contribution in [3.05, 3.63) is 65.7 Å². The van der Waals surface area contributed by atoms with Crippen molar-refractivity contribution in [1.82, 2.24) is 4.90 Å². The number of amides is 2. The van der Waals surface area contributed by atoms with Gasteiger partial charge >= 0.3 is 12.2 Å². The SMILES string of the molecule is CC(C)(C)OC(=O)N1CC[C@]2(c3ccccc3)c3ccccc3N(C(=O)OC(C)(C)C)[C@H]12. The second kappa shape index (κ2) is 7.54. The van der Waals surface area contributed by atoms with Gasteiger partial charge in [0.1, 0.15) is 17.4 Å². The zero-order chi connectivity index (χ0) is 23.3. The van der Waals surface area contributed by atoms with Crippen LogP contribution in [0.1, 0.15) is 59.1 Å². The third-order valence-electron chi connectivity index (χ3n) is 5.88. The lowest BCUT2D eigenvalue weighted by Gasteiger charge is -2.38. The number of anilines is 1. The smallest absolute Gasteiger partial charge is 0.416 e. The number of nitrogens with zero attached hydrogens (tertiary/aromatic N) is 2. The lowest BCUT2D eigenvalue weighted by Crippen LogP contribution is -2.55. The summed E-state index contributed by atoms with van der Waals surface area (Å²) in [6, 6.07) is 18.0. The van der Waals surface area contributed by atoms with Gasteiger partial charge in [0.25, 0.3) is 0 Å². The van der Waals surface area contributed by atoms with E-state index in [9.17, 15) is 9.59 Å². The molecule has 32 heavy (non-hydrogen) atoms. The summed E-state index contributed by atoms with van der Waals surface area (Å²) in [6.45, 7) is 11.6. The Balaban J connectivity index is 1.89. The molecule has 2 aliphatic rings. The topological polar surface area (TPSA) is 59.1 Å². The average molecular weight is 437 g/mol. The van der Waals surface area contributed by atoms with Crippen molar-refractivity contribution < 1.29 is 19.1 Å². The fourth-order valence-electron chi connectivity index (χ4n) is 4.85. The summed E-state index contributed by atoms with van der Waals surface area (Å²) in [5, 5.41) is 0. The van der Waals surface area contributed by atoms with Crippen LogP contribution >= 0.6 is 0 Å². The highest BCUT2D eigenvalue weighted by molar-refractivity contribution is 5.94. The highest BCUT2D eigenvalue weighted by Gasteiger charge is 2.62. The van der Waals surface area contributed by atoms with Crippen molar-refractivity contribution in [3.8, 4) is 0 Å². The van der Waals surface area contributed by atoms with E-state index in [1.165, 1.54) is 0 Å². The molecule has 2 aromatic rings. The Kier molecular flexibility index (Phi) is 5.23. The summed E-state index contributed by atoms with van der Waals surface area (Å²) < 4.78 is 11.6. The Bertz CT molecular complexity index is 1020. The van der Waals surface area contributed by atoms with E-state index in [1.807, 2.05) is 77.9 Å². The number of likely N-dealkylation sites (tertiary alicyclic amines) is 1. The van der Waals surface area contributed by atoms with E-state index in [4.69, 9.17) is 9.47 Å². The lowest BCUT2D eigenvalue weighted by atomic mass is 9.73. The molecule has 0 aliphatic carbocycles. The van der Waals surface area contributed by atoms with Gasteiger partial charge in [-0.05, 0) is 65.2 Å². The highest BCUT2D eigenvalue weighted by Crippen LogP contribution is 2.56. The van der Waals surface area contributed by atoms with Crippen molar-refractivity contribution in [2.75, 3.05) is 11.4 Å². The molecule has 0 bridgehead atoms. The molecule has 6 heteroatoms. The monoisotopic (exact) mass is 436 g/mol. The van der Waals surface area contributed by atoms with Crippen LogP contribution in [-0.4, -0.2) is 41.0 Å². The maximum absolute atomic E-state index is 13.5. The number of fused-ring (bicyclic) bond motifs is 3. The van der Waals surface area contributed by atoms with Gasteiger partial charge in [0.2, 0.25) is 0 Å². The molecule has 0 radical (unpaired) electrons. The molecule has 2 aliphatic heterocycles. The van der Waals surface area contributed by atoms with Crippen LogP contribution in [0.2, 0.25) is 0 Å². The van der Waals surface area contributed by atoms with E-state index in [0.717, 1.165) is 16.8 Å². The van der Waals surface area contributed by atoms with Gasteiger partial charge in [0.15, 0.2) is 0 Å². The molecule has 1 saturated heterocycles. The van der Waals surface area contributed by atoms with E-state index in [0.29, 0.717) is 13.0 Å². The van der Waals surface area contributed by atoms with Crippen LogP contribution in [0.25, 0.3) is 0 Å².